The molecule has 1 saturated heterocycles. The van der Waals surface area contributed by atoms with Gasteiger partial charge in [0, 0.05) is 20.6 Å². The number of likely N-dealkylation sites (tertiary alicyclic amines) is 1. The van der Waals surface area contributed by atoms with E-state index in [0.717, 1.165) is 11.5 Å². The number of hydrogen-bond donors (Lipinski definition) is 0. The van der Waals surface area contributed by atoms with E-state index in [1.165, 1.54) is 25.1 Å². The minimum absolute atomic E-state index is 0.671. The third-order valence-corrected chi connectivity index (χ3v) is 3.67. The topological polar surface area (TPSA) is 18.8 Å². The van der Waals surface area contributed by atoms with E-state index in [0.29, 0.717) is 5.92 Å². The van der Waals surface area contributed by atoms with Gasteiger partial charge in [-0.25, -0.2) is 4.99 Å². The molecule has 1 fully saturated rings. The molecule has 1 aromatic rings. The van der Waals surface area contributed by atoms with Gasteiger partial charge in [-0.15, -0.1) is 0 Å². The Bertz CT molecular complexity index is 437. The number of amidine groups is 1. The van der Waals surface area contributed by atoms with E-state index in [2.05, 4.69) is 41.2 Å². The molecule has 1 atom stereocenters. The first kappa shape index (κ1) is 13.1. The highest BCUT2D eigenvalue weighted by Gasteiger charge is 2.20. The summed E-state index contributed by atoms with van der Waals surface area (Å²) in [5, 5.41) is 0. The summed E-state index contributed by atoms with van der Waals surface area (Å²) in [6, 6.07) is 8.66. The highest BCUT2D eigenvalue weighted by Crippen LogP contribution is 2.28. The fraction of sp³-hybridized carbons (Fsp3) is 0.533. The second-order valence-electron chi connectivity index (χ2n) is 5.40. The van der Waals surface area contributed by atoms with E-state index < -0.39 is 0 Å². The summed E-state index contributed by atoms with van der Waals surface area (Å²) >= 11 is 0. The summed E-state index contributed by atoms with van der Waals surface area (Å²) in [6.07, 6.45) is 1.26. The van der Waals surface area contributed by atoms with Gasteiger partial charge in [0.2, 0.25) is 0 Å². The molecule has 1 aromatic carbocycles. The van der Waals surface area contributed by atoms with Crippen molar-refractivity contribution in [3.05, 3.63) is 29.8 Å². The Labute approximate surface area is 110 Å². The lowest BCUT2D eigenvalue weighted by molar-refractivity contribution is 0.411. The van der Waals surface area contributed by atoms with Gasteiger partial charge in [-0.1, -0.05) is 12.1 Å². The molecular formula is C15H23N3. The third-order valence-electron chi connectivity index (χ3n) is 3.67. The van der Waals surface area contributed by atoms with Crippen molar-refractivity contribution in [2.75, 3.05) is 34.2 Å². The quantitative estimate of drug-likeness (QED) is 0.589. The van der Waals surface area contributed by atoms with Crippen LogP contribution in [0, 0.1) is 0 Å². The highest BCUT2D eigenvalue weighted by molar-refractivity contribution is 5.82. The molecule has 1 heterocycles. The van der Waals surface area contributed by atoms with Crippen LogP contribution in [0.15, 0.2) is 29.3 Å². The van der Waals surface area contributed by atoms with Crippen LogP contribution in [0.25, 0.3) is 0 Å². The van der Waals surface area contributed by atoms with Crippen LogP contribution in [0.3, 0.4) is 0 Å². The Morgan fingerprint density at radius 3 is 2.78 bits per heavy atom. The van der Waals surface area contributed by atoms with Crippen molar-refractivity contribution >= 4 is 11.5 Å². The van der Waals surface area contributed by atoms with E-state index in [4.69, 9.17) is 0 Å². The van der Waals surface area contributed by atoms with Gasteiger partial charge in [-0.05, 0) is 50.6 Å². The highest BCUT2D eigenvalue weighted by atomic mass is 15.1. The SMILES string of the molecule is CC(=Nc1cccc(C2CCN(C)C2)c1)N(C)C. The third kappa shape index (κ3) is 3.10. The Morgan fingerprint density at radius 1 is 1.39 bits per heavy atom. The second-order valence-corrected chi connectivity index (χ2v) is 5.40. The lowest BCUT2D eigenvalue weighted by Crippen LogP contribution is -2.17. The zero-order valence-corrected chi connectivity index (χ0v) is 11.8. The van der Waals surface area contributed by atoms with Crippen molar-refractivity contribution in [2.24, 2.45) is 4.99 Å². The van der Waals surface area contributed by atoms with E-state index in [9.17, 15) is 0 Å². The minimum atomic E-state index is 0.671. The Morgan fingerprint density at radius 2 is 2.17 bits per heavy atom. The van der Waals surface area contributed by atoms with Gasteiger partial charge in [0.05, 0.1) is 5.69 Å². The van der Waals surface area contributed by atoms with E-state index in [1.807, 2.05) is 25.9 Å². The average molecular weight is 245 g/mol. The van der Waals surface area contributed by atoms with E-state index in [-0.39, 0.29) is 0 Å². The van der Waals surface area contributed by atoms with Crippen LogP contribution in [-0.2, 0) is 0 Å². The van der Waals surface area contributed by atoms with Crippen LogP contribution >= 0.6 is 0 Å². The van der Waals surface area contributed by atoms with Gasteiger partial charge in [0.15, 0.2) is 0 Å². The number of aliphatic imine (C=N–C) groups is 1. The zero-order chi connectivity index (χ0) is 13.1. The van der Waals surface area contributed by atoms with E-state index in [1.54, 1.807) is 0 Å². The van der Waals surface area contributed by atoms with Gasteiger partial charge in [0.1, 0.15) is 5.84 Å². The summed E-state index contributed by atoms with van der Waals surface area (Å²) in [4.78, 5) is 9.07. The summed E-state index contributed by atoms with van der Waals surface area (Å²) < 4.78 is 0. The predicted molar refractivity (Wildman–Crippen MR) is 77.8 cm³/mol. The molecule has 2 rings (SSSR count). The first-order valence-corrected chi connectivity index (χ1v) is 6.57. The molecule has 1 aliphatic rings. The van der Waals surface area contributed by atoms with Gasteiger partial charge < -0.3 is 9.80 Å². The van der Waals surface area contributed by atoms with E-state index >= 15 is 0 Å². The van der Waals surface area contributed by atoms with Crippen LogP contribution in [0.2, 0.25) is 0 Å². The van der Waals surface area contributed by atoms with Crippen LogP contribution in [0.4, 0.5) is 5.69 Å². The van der Waals surface area contributed by atoms with Gasteiger partial charge in [-0.3, -0.25) is 0 Å². The smallest absolute Gasteiger partial charge is 0.101 e. The molecular weight excluding hydrogens is 222 g/mol. The standard InChI is InChI=1S/C15H23N3/c1-12(17(2)3)16-15-7-5-6-13(10-15)14-8-9-18(4)11-14/h5-7,10,14H,8-9,11H2,1-4H3. The molecule has 0 amide bonds. The van der Waals surface area contributed by atoms with Crippen molar-refractivity contribution in [3.63, 3.8) is 0 Å². The van der Waals surface area contributed by atoms with Gasteiger partial charge in [-0.2, -0.15) is 0 Å². The fourth-order valence-corrected chi connectivity index (χ4v) is 2.34. The molecule has 3 nitrogen and oxygen atoms in total. The summed E-state index contributed by atoms with van der Waals surface area (Å²) in [6.45, 7) is 4.41. The first-order chi connectivity index (χ1) is 8.56. The van der Waals surface area contributed by atoms with Gasteiger partial charge in [0.25, 0.3) is 0 Å². The average Bonchev–Trinajstić information content (AvgIpc) is 2.76. The maximum atomic E-state index is 4.64. The summed E-state index contributed by atoms with van der Waals surface area (Å²) in [5.74, 6) is 1.71. The molecule has 1 aliphatic heterocycles. The molecule has 3 heteroatoms. The molecule has 0 bridgehead atoms. The Kier molecular flexibility index (Phi) is 4.02. The van der Waals surface area contributed by atoms with Crippen LogP contribution in [-0.4, -0.2) is 49.9 Å². The summed E-state index contributed by atoms with van der Waals surface area (Å²) in [7, 11) is 6.24. The molecule has 0 aliphatic carbocycles. The van der Waals surface area contributed by atoms with Crippen molar-refractivity contribution in [1.82, 2.24) is 9.80 Å². The number of likely N-dealkylation sites (N-methyl/N-ethyl adjacent to an activating group) is 1. The van der Waals surface area contributed by atoms with Crippen molar-refractivity contribution < 1.29 is 0 Å². The molecule has 0 saturated carbocycles. The van der Waals surface area contributed by atoms with Crippen molar-refractivity contribution in [1.29, 1.82) is 0 Å². The predicted octanol–water partition coefficient (Wildman–Crippen LogP) is 2.72. The lowest BCUT2D eigenvalue weighted by atomic mass is 9.98. The maximum absolute atomic E-state index is 4.64. The monoisotopic (exact) mass is 245 g/mol. The first-order valence-electron chi connectivity index (χ1n) is 6.57. The fourth-order valence-electron chi connectivity index (χ4n) is 2.34. The second kappa shape index (κ2) is 5.53. The molecule has 1 unspecified atom stereocenters. The van der Waals surface area contributed by atoms with Crippen molar-refractivity contribution in [3.8, 4) is 0 Å². The molecule has 98 valence electrons. The Balaban J connectivity index is 2.17. The van der Waals surface area contributed by atoms with Crippen molar-refractivity contribution in [2.45, 2.75) is 19.3 Å². The number of benzene rings is 1. The van der Waals surface area contributed by atoms with Crippen LogP contribution < -0.4 is 0 Å². The minimum Gasteiger partial charge on any atom is -0.366 e. The largest absolute Gasteiger partial charge is 0.366 e. The lowest BCUT2D eigenvalue weighted by Gasteiger charge is -2.13. The molecule has 0 aromatic heterocycles. The van der Waals surface area contributed by atoms with Crippen LogP contribution in [0.1, 0.15) is 24.8 Å². The zero-order valence-electron chi connectivity index (χ0n) is 11.8. The summed E-state index contributed by atoms with van der Waals surface area (Å²) in [5.41, 5.74) is 2.49. The van der Waals surface area contributed by atoms with Gasteiger partial charge >= 0.3 is 0 Å². The maximum Gasteiger partial charge on any atom is 0.101 e. The molecule has 0 N–H and O–H groups in total. The number of rotatable bonds is 2. The molecule has 18 heavy (non-hydrogen) atoms. The molecule has 0 spiro atoms. The number of hydrogen-bond acceptors (Lipinski definition) is 2. The Hall–Kier alpha value is -1.35. The number of nitrogens with zero attached hydrogens (tertiary/aromatic N) is 3. The normalized spacial score (nSPS) is 21.3. The molecule has 0 radical (unpaired) electrons. The van der Waals surface area contributed by atoms with Crippen LogP contribution in [0.5, 0.6) is 0 Å².